The molecule has 5 N–H and O–H groups in total. The van der Waals surface area contributed by atoms with Gasteiger partial charge in [-0.2, -0.15) is 0 Å². The molecular formula is C10H13ClN4O2. The van der Waals surface area contributed by atoms with Crippen molar-refractivity contribution in [2.75, 3.05) is 5.73 Å². The van der Waals surface area contributed by atoms with Crippen molar-refractivity contribution in [3.05, 3.63) is 22.8 Å². The van der Waals surface area contributed by atoms with E-state index in [0.717, 1.165) is 0 Å². The number of nitrogens with one attached hydrogen (secondary N) is 1. The molecule has 7 heteroatoms. The Bertz CT molecular complexity index is 473. The van der Waals surface area contributed by atoms with Crippen LogP contribution < -0.4 is 16.8 Å². The van der Waals surface area contributed by atoms with Crippen LogP contribution in [0.15, 0.2) is 12.3 Å². The average Bonchev–Trinajstić information content (AvgIpc) is 2.20. The first-order chi connectivity index (χ1) is 7.74. The Morgan fingerprint density at radius 3 is 2.59 bits per heavy atom. The van der Waals surface area contributed by atoms with Crippen LogP contribution in [0, 0.1) is 0 Å². The number of halogens is 1. The van der Waals surface area contributed by atoms with Gasteiger partial charge in [-0.05, 0) is 19.9 Å². The molecule has 92 valence electrons. The summed E-state index contributed by atoms with van der Waals surface area (Å²) in [5.74, 6) is -1.02. The van der Waals surface area contributed by atoms with Crippen molar-refractivity contribution in [2.45, 2.75) is 19.4 Å². The Morgan fingerprint density at radius 2 is 2.06 bits per heavy atom. The molecule has 0 saturated heterocycles. The smallest absolute Gasteiger partial charge is 0.253 e. The first-order valence-electron chi connectivity index (χ1n) is 4.77. The maximum Gasteiger partial charge on any atom is 0.253 e. The Labute approximate surface area is 103 Å². The van der Waals surface area contributed by atoms with Crippen LogP contribution >= 0.6 is 11.6 Å². The van der Waals surface area contributed by atoms with Gasteiger partial charge < -0.3 is 16.8 Å². The predicted octanol–water partition coefficient (Wildman–Crippen LogP) is 0.311. The van der Waals surface area contributed by atoms with Crippen LogP contribution in [-0.2, 0) is 4.79 Å². The highest BCUT2D eigenvalue weighted by molar-refractivity contribution is 6.33. The lowest BCUT2D eigenvalue weighted by molar-refractivity contribution is -0.122. The van der Waals surface area contributed by atoms with E-state index in [1.54, 1.807) is 0 Å². The average molecular weight is 257 g/mol. The number of amides is 2. The van der Waals surface area contributed by atoms with Gasteiger partial charge in [-0.25, -0.2) is 4.98 Å². The molecule has 2 amide bonds. The second kappa shape index (κ2) is 4.58. The normalized spacial score (nSPS) is 11.0. The van der Waals surface area contributed by atoms with Crippen molar-refractivity contribution >= 4 is 29.2 Å². The SMILES string of the molecule is CC(C)(NC(=O)c1cc(N)ncc1Cl)C(N)=O. The summed E-state index contributed by atoms with van der Waals surface area (Å²) in [5.41, 5.74) is 9.57. The van der Waals surface area contributed by atoms with Gasteiger partial charge in [-0.3, -0.25) is 9.59 Å². The monoisotopic (exact) mass is 256 g/mol. The van der Waals surface area contributed by atoms with E-state index in [9.17, 15) is 9.59 Å². The standard InChI is InChI=1S/C10H13ClN4O2/c1-10(2,9(13)17)15-8(16)5-3-7(12)14-4-6(5)11/h3-4H,1-2H3,(H2,12,14)(H2,13,17)(H,15,16). The van der Waals surface area contributed by atoms with E-state index in [1.807, 2.05) is 0 Å². The summed E-state index contributed by atoms with van der Waals surface area (Å²) in [6, 6.07) is 1.33. The molecule has 1 rings (SSSR count). The molecule has 0 bridgehead atoms. The van der Waals surface area contributed by atoms with E-state index >= 15 is 0 Å². The van der Waals surface area contributed by atoms with Crippen LogP contribution in [0.25, 0.3) is 0 Å². The molecule has 0 spiro atoms. The maximum absolute atomic E-state index is 11.9. The summed E-state index contributed by atoms with van der Waals surface area (Å²) in [5, 5.41) is 2.61. The van der Waals surface area contributed by atoms with Gasteiger partial charge in [-0.15, -0.1) is 0 Å². The first-order valence-corrected chi connectivity index (χ1v) is 5.15. The number of hydrogen-bond donors (Lipinski definition) is 3. The Balaban J connectivity index is 2.98. The molecule has 0 saturated carbocycles. The number of aromatic nitrogens is 1. The lowest BCUT2D eigenvalue weighted by atomic mass is 10.0. The molecule has 0 radical (unpaired) electrons. The second-order valence-corrected chi connectivity index (χ2v) is 4.44. The number of nitrogens with two attached hydrogens (primary N) is 2. The minimum absolute atomic E-state index is 0.147. The van der Waals surface area contributed by atoms with Crippen molar-refractivity contribution in [1.82, 2.24) is 10.3 Å². The van der Waals surface area contributed by atoms with E-state index < -0.39 is 17.4 Å². The van der Waals surface area contributed by atoms with Gasteiger partial charge in [-0.1, -0.05) is 11.6 Å². The zero-order chi connectivity index (χ0) is 13.2. The molecule has 0 aliphatic heterocycles. The predicted molar refractivity (Wildman–Crippen MR) is 64.4 cm³/mol. The Morgan fingerprint density at radius 1 is 1.47 bits per heavy atom. The summed E-state index contributed by atoms with van der Waals surface area (Å²) >= 11 is 5.80. The van der Waals surface area contributed by atoms with Gasteiger partial charge in [0, 0.05) is 6.20 Å². The molecule has 6 nitrogen and oxygen atoms in total. The van der Waals surface area contributed by atoms with Crippen LogP contribution in [-0.4, -0.2) is 22.3 Å². The second-order valence-electron chi connectivity index (χ2n) is 4.03. The largest absolute Gasteiger partial charge is 0.384 e. The van der Waals surface area contributed by atoms with Crippen molar-refractivity contribution in [2.24, 2.45) is 5.73 Å². The van der Waals surface area contributed by atoms with Crippen molar-refractivity contribution in [3.63, 3.8) is 0 Å². The number of carbonyl (C=O) groups excluding carboxylic acids is 2. The number of nitrogens with zero attached hydrogens (tertiary/aromatic N) is 1. The number of anilines is 1. The minimum Gasteiger partial charge on any atom is -0.384 e. The van der Waals surface area contributed by atoms with Crippen LogP contribution in [0.5, 0.6) is 0 Å². The zero-order valence-corrected chi connectivity index (χ0v) is 10.2. The van der Waals surface area contributed by atoms with Crippen molar-refractivity contribution in [1.29, 1.82) is 0 Å². The molecule has 0 aliphatic rings. The zero-order valence-electron chi connectivity index (χ0n) is 9.45. The molecule has 1 aromatic rings. The Hall–Kier alpha value is -1.82. The molecule has 0 fully saturated rings. The van der Waals surface area contributed by atoms with Gasteiger partial charge >= 0.3 is 0 Å². The van der Waals surface area contributed by atoms with E-state index in [1.165, 1.54) is 26.1 Å². The summed E-state index contributed by atoms with van der Waals surface area (Å²) in [6.45, 7) is 2.98. The van der Waals surface area contributed by atoms with Crippen LogP contribution in [0.1, 0.15) is 24.2 Å². The highest BCUT2D eigenvalue weighted by Gasteiger charge is 2.28. The van der Waals surface area contributed by atoms with E-state index in [4.69, 9.17) is 23.1 Å². The fraction of sp³-hybridized carbons (Fsp3) is 0.300. The van der Waals surface area contributed by atoms with Gasteiger partial charge in [0.2, 0.25) is 5.91 Å². The molecule has 0 aromatic carbocycles. The fourth-order valence-corrected chi connectivity index (χ4v) is 1.23. The molecule has 0 unspecified atom stereocenters. The number of carbonyl (C=O) groups is 2. The third kappa shape index (κ3) is 3.07. The minimum atomic E-state index is -1.17. The van der Waals surface area contributed by atoms with Gasteiger partial charge in [0.15, 0.2) is 0 Å². The number of hydrogen-bond acceptors (Lipinski definition) is 4. The molecule has 1 heterocycles. The van der Waals surface area contributed by atoms with Crippen molar-refractivity contribution < 1.29 is 9.59 Å². The highest BCUT2D eigenvalue weighted by atomic mass is 35.5. The maximum atomic E-state index is 11.9. The van der Waals surface area contributed by atoms with E-state index in [0.29, 0.717) is 0 Å². The molecule has 0 aliphatic carbocycles. The number of rotatable bonds is 3. The third-order valence-electron chi connectivity index (χ3n) is 2.16. The summed E-state index contributed by atoms with van der Waals surface area (Å²) in [7, 11) is 0. The topological polar surface area (TPSA) is 111 Å². The van der Waals surface area contributed by atoms with Gasteiger partial charge in [0.05, 0.1) is 10.6 Å². The summed E-state index contributed by atoms with van der Waals surface area (Å²) < 4.78 is 0. The number of nitrogen functional groups attached to an aromatic ring is 1. The van der Waals surface area contributed by atoms with Crippen LogP contribution in [0.3, 0.4) is 0 Å². The first kappa shape index (κ1) is 13.2. The highest BCUT2D eigenvalue weighted by Crippen LogP contribution is 2.17. The fourth-order valence-electron chi connectivity index (χ4n) is 1.04. The molecule has 1 aromatic heterocycles. The lowest BCUT2D eigenvalue weighted by Crippen LogP contribution is -2.53. The van der Waals surface area contributed by atoms with Crippen LogP contribution in [0.2, 0.25) is 5.02 Å². The van der Waals surface area contributed by atoms with Crippen LogP contribution in [0.4, 0.5) is 5.82 Å². The summed E-state index contributed by atoms with van der Waals surface area (Å²) in [4.78, 5) is 26.7. The molecule has 17 heavy (non-hydrogen) atoms. The van der Waals surface area contributed by atoms with Crippen molar-refractivity contribution in [3.8, 4) is 0 Å². The molecular weight excluding hydrogens is 244 g/mol. The third-order valence-corrected chi connectivity index (χ3v) is 2.46. The quantitative estimate of drug-likeness (QED) is 0.723. The lowest BCUT2D eigenvalue weighted by Gasteiger charge is -2.22. The summed E-state index contributed by atoms with van der Waals surface area (Å²) in [6.07, 6.45) is 1.27. The van der Waals surface area contributed by atoms with E-state index in [2.05, 4.69) is 10.3 Å². The van der Waals surface area contributed by atoms with E-state index in [-0.39, 0.29) is 16.4 Å². The molecule has 0 atom stereocenters. The number of pyridine rings is 1. The van der Waals surface area contributed by atoms with Gasteiger partial charge in [0.1, 0.15) is 11.4 Å². The Kier molecular flexibility index (Phi) is 3.57. The number of primary amides is 1. The van der Waals surface area contributed by atoms with Gasteiger partial charge in [0.25, 0.3) is 5.91 Å².